The lowest BCUT2D eigenvalue weighted by molar-refractivity contribution is 0.102. The van der Waals surface area contributed by atoms with E-state index < -0.39 is 5.91 Å². The van der Waals surface area contributed by atoms with Crippen LogP contribution in [0.2, 0.25) is 15.1 Å². The molecule has 0 aliphatic carbocycles. The fourth-order valence-electron chi connectivity index (χ4n) is 1.61. The van der Waals surface area contributed by atoms with E-state index in [-0.39, 0.29) is 26.5 Å². The van der Waals surface area contributed by atoms with Gasteiger partial charge in [-0.05, 0) is 30.3 Å². The van der Waals surface area contributed by atoms with Crippen LogP contribution in [-0.4, -0.2) is 18.1 Å². The van der Waals surface area contributed by atoms with Gasteiger partial charge in [-0.3, -0.25) is 4.79 Å². The van der Waals surface area contributed by atoms with Gasteiger partial charge in [0.05, 0.1) is 22.8 Å². The second-order valence-electron chi connectivity index (χ2n) is 4.07. The molecule has 0 aromatic heterocycles. The summed E-state index contributed by atoms with van der Waals surface area (Å²) in [6.07, 6.45) is 0. The van der Waals surface area contributed by atoms with E-state index in [0.717, 1.165) is 0 Å². The highest BCUT2D eigenvalue weighted by molar-refractivity contribution is 6.46. The van der Waals surface area contributed by atoms with Gasteiger partial charge in [0.25, 0.3) is 5.91 Å². The fourth-order valence-corrected chi connectivity index (χ4v) is 2.26. The lowest BCUT2D eigenvalue weighted by Gasteiger charge is -2.11. The molecule has 0 fully saturated rings. The number of methoxy groups -OCH3 is 1. The molecule has 0 saturated carbocycles. The van der Waals surface area contributed by atoms with Gasteiger partial charge in [-0.2, -0.15) is 0 Å². The van der Waals surface area contributed by atoms with E-state index in [0.29, 0.717) is 11.3 Å². The van der Waals surface area contributed by atoms with E-state index in [9.17, 15) is 9.90 Å². The molecule has 2 N–H and O–H groups in total. The lowest BCUT2D eigenvalue weighted by atomic mass is 10.2. The highest BCUT2D eigenvalue weighted by atomic mass is 35.5. The second kappa shape index (κ2) is 6.43. The third kappa shape index (κ3) is 3.35. The molecule has 7 heteroatoms. The number of phenols is 1. The lowest BCUT2D eigenvalue weighted by Crippen LogP contribution is -2.12. The van der Waals surface area contributed by atoms with Crippen molar-refractivity contribution in [3.63, 3.8) is 0 Å². The molecule has 0 bridgehead atoms. The number of halogens is 3. The molecule has 0 atom stereocenters. The number of benzene rings is 2. The van der Waals surface area contributed by atoms with Gasteiger partial charge in [-0.15, -0.1) is 0 Å². The largest absolute Gasteiger partial charge is 0.505 e. The fraction of sp³-hybridized carbons (Fsp3) is 0.0714. The van der Waals surface area contributed by atoms with Crippen LogP contribution in [-0.2, 0) is 0 Å². The average molecular weight is 347 g/mol. The minimum absolute atomic E-state index is 0.00516. The molecule has 21 heavy (non-hydrogen) atoms. The number of carbonyl (C=O) groups is 1. The molecule has 0 radical (unpaired) electrons. The molecular formula is C14H10Cl3NO3. The van der Waals surface area contributed by atoms with Gasteiger partial charge in [-0.25, -0.2) is 0 Å². The number of nitrogens with one attached hydrogen (secondary N) is 1. The van der Waals surface area contributed by atoms with Crippen molar-refractivity contribution in [1.82, 2.24) is 0 Å². The summed E-state index contributed by atoms with van der Waals surface area (Å²) in [7, 11) is 1.54. The van der Waals surface area contributed by atoms with E-state index in [1.165, 1.54) is 13.2 Å². The molecule has 0 saturated heterocycles. The first kappa shape index (κ1) is 15.8. The van der Waals surface area contributed by atoms with E-state index in [1.807, 2.05) is 0 Å². The molecule has 1 amide bonds. The standard InChI is InChI=1S/C14H10Cl3NO3/c1-21-8-4-2-7(3-5-8)14(20)18-10-6-9(15)13(19)12(17)11(10)16/h2-6,19H,1H3,(H,18,20). The van der Waals surface area contributed by atoms with Crippen molar-refractivity contribution in [1.29, 1.82) is 0 Å². The van der Waals surface area contributed by atoms with E-state index >= 15 is 0 Å². The molecule has 2 aromatic carbocycles. The number of hydrogen-bond acceptors (Lipinski definition) is 3. The predicted octanol–water partition coefficient (Wildman–Crippen LogP) is 4.61. The molecule has 2 rings (SSSR count). The third-order valence-electron chi connectivity index (χ3n) is 2.73. The smallest absolute Gasteiger partial charge is 0.255 e. The van der Waals surface area contributed by atoms with Gasteiger partial charge >= 0.3 is 0 Å². The van der Waals surface area contributed by atoms with Crippen molar-refractivity contribution < 1.29 is 14.6 Å². The molecule has 0 unspecified atom stereocenters. The number of amides is 1. The molecule has 0 spiro atoms. The minimum atomic E-state index is -0.391. The summed E-state index contributed by atoms with van der Waals surface area (Å²) in [6, 6.07) is 7.85. The van der Waals surface area contributed by atoms with Crippen molar-refractivity contribution in [2.24, 2.45) is 0 Å². The van der Waals surface area contributed by atoms with Crippen LogP contribution in [0.4, 0.5) is 5.69 Å². The number of hydrogen-bond donors (Lipinski definition) is 2. The Morgan fingerprint density at radius 1 is 1.14 bits per heavy atom. The molecule has 0 aliphatic rings. The van der Waals surface area contributed by atoms with Crippen LogP contribution in [0.5, 0.6) is 11.5 Å². The summed E-state index contributed by atoms with van der Waals surface area (Å²) in [4.78, 5) is 12.1. The maximum Gasteiger partial charge on any atom is 0.255 e. The molecular weight excluding hydrogens is 337 g/mol. The molecule has 0 heterocycles. The Morgan fingerprint density at radius 2 is 1.76 bits per heavy atom. The Hall–Kier alpha value is -1.62. The summed E-state index contributed by atoms with van der Waals surface area (Å²) < 4.78 is 5.02. The quantitative estimate of drug-likeness (QED) is 0.630. The van der Waals surface area contributed by atoms with Crippen LogP contribution in [0.15, 0.2) is 30.3 Å². The number of aromatic hydroxyl groups is 1. The molecule has 110 valence electrons. The number of anilines is 1. The first-order chi connectivity index (χ1) is 9.93. The van der Waals surface area contributed by atoms with E-state index in [2.05, 4.69) is 5.32 Å². The van der Waals surface area contributed by atoms with Gasteiger partial charge in [0, 0.05) is 5.56 Å². The van der Waals surface area contributed by atoms with E-state index in [4.69, 9.17) is 39.5 Å². The van der Waals surface area contributed by atoms with Crippen LogP contribution in [0.1, 0.15) is 10.4 Å². The maximum absolute atomic E-state index is 12.1. The second-order valence-corrected chi connectivity index (χ2v) is 5.23. The van der Waals surface area contributed by atoms with Crippen LogP contribution in [0.3, 0.4) is 0 Å². The number of ether oxygens (including phenoxy) is 1. The zero-order valence-electron chi connectivity index (χ0n) is 10.8. The van der Waals surface area contributed by atoms with Crippen LogP contribution >= 0.6 is 34.8 Å². The number of phenolic OH excluding ortho intramolecular Hbond substituents is 1. The van der Waals surface area contributed by atoms with Gasteiger partial charge in [0.2, 0.25) is 0 Å². The van der Waals surface area contributed by atoms with Crippen LogP contribution in [0, 0.1) is 0 Å². The number of carbonyl (C=O) groups excluding carboxylic acids is 1. The van der Waals surface area contributed by atoms with E-state index in [1.54, 1.807) is 24.3 Å². The third-order valence-corrected chi connectivity index (χ3v) is 3.88. The van der Waals surface area contributed by atoms with Gasteiger partial charge in [0.15, 0.2) is 5.75 Å². The Morgan fingerprint density at radius 3 is 2.33 bits per heavy atom. The summed E-state index contributed by atoms with van der Waals surface area (Å²) in [5.41, 5.74) is 0.623. The Kier molecular flexibility index (Phi) is 4.83. The Bertz CT molecular complexity index is 687. The maximum atomic E-state index is 12.1. The zero-order chi connectivity index (χ0) is 15.6. The van der Waals surface area contributed by atoms with Crippen molar-refractivity contribution >= 4 is 46.4 Å². The van der Waals surface area contributed by atoms with Gasteiger partial charge in [-0.1, -0.05) is 34.8 Å². The normalized spacial score (nSPS) is 10.3. The summed E-state index contributed by atoms with van der Waals surface area (Å²) in [6.45, 7) is 0. The van der Waals surface area contributed by atoms with Crippen molar-refractivity contribution in [3.8, 4) is 11.5 Å². The van der Waals surface area contributed by atoms with Crippen LogP contribution < -0.4 is 10.1 Å². The van der Waals surface area contributed by atoms with Crippen molar-refractivity contribution in [3.05, 3.63) is 51.0 Å². The minimum Gasteiger partial charge on any atom is -0.505 e. The average Bonchev–Trinajstić information content (AvgIpc) is 2.50. The molecule has 4 nitrogen and oxygen atoms in total. The monoisotopic (exact) mass is 345 g/mol. The summed E-state index contributed by atoms with van der Waals surface area (Å²) >= 11 is 17.6. The SMILES string of the molecule is COc1ccc(C(=O)Nc2cc(Cl)c(O)c(Cl)c2Cl)cc1. The predicted molar refractivity (Wildman–Crippen MR) is 84.1 cm³/mol. The highest BCUT2D eigenvalue weighted by Gasteiger charge is 2.16. The topological polar surface area (TPSA) is 58.6 Å². The Balaban J connectivity index is 2.27. The zero-order valence-corrected chi connectivity index (χ0v) is 13.1. The van der Waals surface area contributed by atoms with Crippen LogP contribution in [0.25, 0.3) is 0 Å². The van der Waals surface area contributed by atoms with Gasteiger partial charge in [0.1, 0.15) is 10.8 Å². The van der Waals surface area contributed by atoms with Crippen molar-refractivity contribution in [2.75, 3.05) is 12.4 Å². The Labute approximate surface area is 136 Å². The van der Waals surface area contributed by atoms with Crippen molar-refractivity contribution in [2.45, 2.75) is 0 Å². The number of rotatable bonds is 3. The molecule has 0 aliphatic heterocycles. The molecule has 2 aromatic rings. The first-order valence-electron chi connectivity index (χ1n) is 5.76. The van der Waals surface area contributed by atoms with Gasteiger partial charge < -0.3 is 15.2 Å². The summed E-state index contributed by atoms with van der Waals surface area (Å²) in [5.74, 6) is -0.0801. The summed E-state index contributed by atoms with van der Waals surface area (Å²) in [5, 5.41) is 12.0. The highest BCUT2D eigenvalue weighted by Crippen LogP contribution is 2.42. The first-order valence-corrected chi connectivity index (χ1v) is 6.89.